The minimum absolute atomic E-state index is 0.0664. The summed E-state index contributed by atoms with van der Waals surface area (Å²) >= 11 is 0. The average Bonchev–Trinajstić information content (AvgIpc) is 3.29. The van der Waals surface area contributed by atoms with Gasteiger partial charge in [-0.3, -0.25) is 9.59 Å². The zero-order valence-corrected chi connectivity index (χ0v) is 22.4. The number of amides is 2. The molecule has 190 valence electrons. The molecule has 5 rings (SSSR count). The van der Waals surface area contributed by atoms with Gasteiger partial charge in [0.2, 0.25) is 11.8 Å². The van der Waals surface area contributed by atoms with Crippen molar-refractivity contribution in [1.82, 2.24) is 15.1 Å². The van der Waals surface area contributed by atoms with Crippen molar-refractivity contribution in [2.75, 3.05) is 20.6 Å². The summed E-state index contributed by atoms with van der Waals surface area (Å²) in [6, 6.07) is 0.596. The zero-order chi connectivity index (χ0) is 24.4. The predicted octanol–water partition coefficient (Wildman–Crippen LogP) is 4.62. The molecule has 1 spiro atoms. The summed E-state index contributed by atoms with van der Waals surface area (Å²) in [7, 11) is 4.31. The fraction of sp³-hybridized carbons (Fsp3) is 0.862. The Balaban J connectivity index is 1.32. The lowest BCUT2D eigenvalue weighted by molar-refractivity contribution is -0.137. The van der Waals surface area contributed by atoms with Gasteiger partial charge in [-0.05, 0) is 106 Å². The van der Waals surface area contributed by atoms with Gasteiger partial charge >= 0.3 is 0 Å². The molecule has 9 atom stereocenters. The number of fused-ring (bicyclic) bond motifs is 4. The van der Waals surface area contributed by atoms with E-state index in [1.807, 2.05) is 18.9 Å². The molecule has 5 aliphatic rings. The lowest BCUT2D eigenvalue weighted by Gasteiger charge is -2.58. The molecule has 0 aromatic carbocycles. The van der Waals surface area contributed by atoms with Crippen molar-refractivity contribution in [2.24, 2.45) is 34.5 Å². The van der Waals surface area contributed by atoms with Crippen LogP contribution in [-0.2, 0) is 9.59 Å². The van der Waals surface area contributed by atoms with Crippen LogP contribution in [0, 0.1) is 34.5 Å². The SMILES string of the molecule is CC[C@H](NC(C)=O)C(=O)N(C)[C@H]1CC[C@@]2(C)C(=CC[C@@H]3C2CC[C@]24CN(C)[C@@H](C)[C@H]2CC[C@@H]34)C1. The first-order chi connectivity index (χ1) is 16.1. The van der Waals surface area contributed by atoms with Crippen molar-refractivity contribution in [2.45, 2.75) is 104 Å². The van der Waals surface area contributed by atoms with E-state index in [9.17, 15) is 9.59 Å². The van der Waals surface area contributed by atoms with Gasteiger partial charge in [0.25, 0.3) is 0 Å². The maximum atomic E-state index is 13.1. The van der Waals surface area contributed by atoms with Crippen molar-refractivity contribution in [3.63, 3.8) is 0 Å². The van der Waals surface area contributed by atoms with Gasteiger partial charge in [-0.2, -0.15) is 0 Å². The third-order valence-electron chi connectivity index (χ3n) is 11.7. The third kappa shape index (κ3) is 3.50. The van der Waals surface area contributed by atoms with Crippen LogP contribution in [0.3, 0.4) is 0 Å². The topological polar surface area (TPSA) is 52.7 Å². The van der Waals surface area contributed by atoms with E-state index in [1.54, 1.807) is 5.57 Å². The number of hydrogen-bond donors (Lipinski definition) is 1. The van der Waals surface area contributed by atoms with Crippen molar-refractivity contribution >= 4 is 11.8 Å². The van der Waals surface area contributed by atoms with Crippen LogP contribution in [0.1, 0.15) is 85.5 Å². The maximum Gasteiger partial charge on any atom is 0.245 e. The fourth-order valence-electron chi connectivity index (χ4n) is 9.78. The first kappa shape index (κ1) is 24.3. The smallest absolute Gasteiger partial charge is 0.245 e. The van der Waals surface area contributed by atoms with Crippen LogP contribution in [0.2, 0.25) is 0 Å². The molecule has 1 unspecified atom stereocenters. The Morgan fingerprint density at radius 1 is 1.18 bits per heavy atom. The number of likely N-dealkylation sites (N-methyl/N-ethyl adjacent to an activating group) is 1. The van der Waals surface area contributed by atoms with E-state index in [2.05, 4.69) is 37.2 Å². The molecule has 0 bridgehead atoms. The van der Waals surface area contributed by atoms with Gasteiger partial charge in [0, 0.05) is 32.6 Å². The lowest BCUT2D eigenvalue weighted by atomic mass is 9.47. The van der Waals surface area contributed by atoms with E-state index >= 15 is 0 Å². The van der Waals surface area contributed by atoms with Gasteiger partial charge in [0.1, 0.15) is 6.04 Å². The predicted molar refractivity (Wildman–Crippen MR) is 136 cm³/mol. The molecule has 1 aliphatic heterocycles. The summed E-state index contributed by atoms with van der Waals surface area (Å²) in [6.45, 7) is 9.83. The number of rotatable bonds is 4. The van der Waals surface area contributed by atoms with Gasteiger partial charge in [0.05, 0.1) is 0 Å². The number of nitrogens with zero attached hydrogens (tertiary/aromatic N) is 2. The third-order valence-corrected chi connectivity index (χ3v) is 11.7. The van der Waals surface area contributed by atoms with E-state index < -0.39 is 6.04 Å². The molecule has 2 amide bonds. The highest BCUT2D eigenvalue weighted by Crippen LogP contribution is 2.68. The number of carbonyl (C=O) groups excluding carboxylic acids is 2. The van der Waals surface area contributed by atoms with E-state index in [1.165, 1.54) is 52.0 Å². The Morgan fingerprint density at radius 2 is 1.91 bits per heavy atom. The molecule has 1 N–H and O–H groups in total. The molecule has 1 saturated heterocycles. The molecule has 34 heavy (non-hydrogen) atoms. The molecule has 0 radical (unpaired) electrons. The maximum absolute atomic E-state index is 13.1. The van der Waals surface area contributed by atoms with Gasteiger partial charge in [-0.15, -0.1) is 0 Å². The Bertz CT molecular complexity index is 869. The summed E-state index contributed by atoms with van der Waals surface area (Å²) in [5.74, 6) is 3.42. The van der Waals surface area contributed by atoms with E-state index in [-0.39, 0.29) is 17.9 Å². The molecule has 5 nitrogen and oxygen atoms in total. The number of allylic oxidation sites excluding steroid dienone is 1. The fourth-order valence-corrected chi connectivity index (χ4v) is 9.78. The summed E-state index contributed by atoms with van der Waals surface area (Å²) in [5.41, 5.74) is 2.51. The molecular formula is C29H47N3O2. The quantitative estimate of drug-likeness (QED) is 0.611. The zero-order valence-electron chi connectivity index (χ0n) is 22.4. The first-order valence-electron chi connectivity index (χ1n) is 14.1. The monoisotopic (exact) mass is 469 g/mol. The number of hydrogen-bond acceptors (Lipinski definition) is 3. The summed E-state index contributed by atoms with van der Waals surface area (Å²) in [6.07, 6.45) is 13.5. The van der Waals surface area contributed by atoms with Crippen molar-refractivity contribution in [3.8, 4) is 0 Å². The highest BCUT2D eigenvalue weighted by Gasteiger charge is 2.64. The Morgan fingerprint density at radius 3 is 2.62 bits per heavy atom. The molecule has 4 aliphatic carbocycles. The number of carbonyl (C=O) groups is 2. The minimum atomic E-state index is -0.405. The number of likely N-dealkylation sites (tertiary alicyclic amines) is 1. The van der Waals surface area contributed by atoms with Crippen LogP contribution in [0.4, 0.5) is 0 Å². The van der Waals surface area contributed by atoms with Crippen LogP contribution in [0.15, 0.2) is 11.6 Å². The summed E-state index contributed by atoms with van der Waals surface area (Å²) in [4.78, 5) is 29.3. The molecule has 3 saturated carbocycles. The van der Waals surface area contributed by atoms with Crippen LogP contribution >= 0.6 is 0 Å². The summed E-state index contributed by atoms with van der Waals surface area (Å²) < 4.78 is 0. The molecule has 4 fully saturated rings. The summed E-state index contributed by atoms with van der Waals surface area (Å²) in [5, 5.41) is 2.85. The Labute approximate surface area is 207 Å². The standard InChI is InChI=1S/C29H47N3O2/c1-7-26(30-19(3)33)27(34)32(6)21-12-14-28(4)20(16-21)8-9-22-24(28)13-15-29-17-31(5)18(2)23(29)10-11-25(22)29/h8,18,21-26H,7,9-17H2,1-6H3,(H,30,33)/t18-,21-,22+,23+,24?,25-,26-,28-,29-/m0/s1. The van der Waals surface area contributed by atoms with Crippen LogP contribution in [-0.4, -0.2) is 60.4 Å². The number of nitrogens with one attached hydrogen (secondary N) is 1. The normalized spacial score (nSPS) is 44.2. The Hall–Kier alpha value is -1.36. The first-order valence-corrected chi connectivity index (χ1v) is 14.1. The largest absolute Gasteiger partial charge is 0.345 e. The molecular weight excluding hydrogens is 422 g/mol. The van der Waals surface area contributed by atoms with E-state index in [4.69, 9.17) is 0 Å². The van der Waals surface area contributed by atoms with Gasteiger partial charge in [0.15, 0.2) is 0 Å². The van der Waals surface area contributed by atoms with Crippen LogP contribution in [0.25, 0.3) is 0 Å². The van der Waals surface area contributed by atoms with E-state index in [0.717, 1.165) is 42.6 Å². The lowest BCUT2D eigenvalue weighted by Crippen LogP contribution is -2.54. The van der Waals surface area contributed by atoms with Crippen LogP contribution in [0.5, 0.6) is 0 Å². The van der Waals surface area contributed by atoms with Crippen molar-refractivity contribution in [1.29, 1.82) is 0 Å². The highest BCUT2D eigenvalue weighted by atomic mass is 16.2. The molecule has 0 aromatic rings. The van der Waals surface area contributed by atoms with Gasteiger partial charge in [-0.1, -0.05) is 25.5 Å². The van der Waals surface area contributed by atoms with Crippen molar-refractivity contribution in [3.05, 3.63) is 11.6 Å². The second-order valence-electron chi connectivity index (χ2n) is 12.9. The average molecular weight is 470 g/mol. The Kier molecular flexibility index (Phi) is 6.18. The molecule has 0 aromatic heterocycles. The van der Waals surface area contributed by atoms with Gasteiger partial charge < -0.3 is 15.1 Å². The second-order valence-corrected chi connectivity index (χ2v) is 12.9. The van der Waals surface area contributed by atoms with E-state index in [0.29, 0.717) is 17.3 Å². The van der Waals surface area contributed by atoms with Crippen molar-refractivity contribution < 1.29 is 9.59 Å². The second kappa shape index (κ2) is 8.64. The van der Waals surface area contributed by atoms with Crippen LogP contribution < -0.4 is 5.32 Å². The molecule has 5 heteroatoms. The van der Waals surface area contributed by atoms with Gasteiger partial charge in [-0.25, -0.2) is 0 Å². The highest BCUT2D eigenvalue weighted by molar-refractivity contribution is 5.86. The minimum Gasteiger partial charge on any atom is -0.345 e. The molecule has 1 heterocycles.